The van der Waals surface area contributed by atoms with Crippen LogP contribution in [-0.4, -0.2) is 62.6 Å². The molecule has 2 aromatic carbocycles. The van der Waals surface area contributed by atoms with E-state index in [0.29, 0.717) is 55.3 Å². The van der Waals surface area contributed by atoms with Gasteiger partial charge in [-0.15, -0.1) is 0 Å². The number of hydrogen-bond acceptors (Lipinski definition) is 6. The van der Waals surface area contributed by atoms with Gasteiger partial charge < -0.3 is 15.5 Å². The lowest BCUT2D eigenvalue weighted by atomic mass is 10.1. The van der Waals surface area contributed by atoms with Crippen LogP contribution in [0, 0.1) is 5.82 Å². The maximum absolute atomic E-state index is 13.1. The quantitative estimate of drug-likeness (QED) is 0.489. The van der Waals surface area contributed by atoms with Crippen LogP contribution in [0.5, 0.6) is 0 Å². The summed E-state index contributed by atoms with van der Waals surface area (Å²) in [5.74, 6) is -0.590. The number of fused-ring (bicyclic) bond motifs is 1. The molecule has 5 rings (SSSR count). The molecule has 2 N–H and O–H groups in total. The van der Waals surface area contributed by atoms with Gasteiger partial charge in [-0.2, -0.15) is 5.10 Å². The molecule has 0 radical (unpaired) electrons. The zero-order valence-electron chi connectivity index (χ0n) is 18.3. The summed E-state index contributed by atoms with van der Waals surface area (Å²) < 4.78 is 14.8. The Labute approximate surface area is 194 Å². The van der Waals surface area contributed by atoms with Gasteiger partial charge in [0.05, 0.1) is 24.5 Å². The minimum atomic E-state index is -0.519. The van der Waals surface area contributed by atoms with E-state index in [0.717, 1.165) is 23.3 Å². The minimum absolute atomic E-state index is 0.0526. The predicted molar refractivity (Wildman–Crippen MR) is 124 cm³/mol. The Balaban J connectivity index is 1.27. The van der Waals surface area contributed by atoms with Gasteiger partial charge in [-0.25, -0.2) is 14.4 Å². The van der Waals surface area contributed by atoms with Gasteiger partial charge in [0, 0.05) is 43.3 Å². The highest BCUT2D eigenvalue weighted by atomic mass is 19.1. The molecule has 0 saturated carbocycles. The van der Waals surface area contributed by atoms with E-state index in [1.165, 1.54) is 0 Å². The highest BCUT2D eigenvalue weighted by Gasteiger charge is 2.23. The summed E-state index contributed by atoms with van der Waals surface area (Å²) in [7, 11) is 0. The number of anilines is 1. The number of nitrogens with zero attached hydrogens (tertiary/aromatic N) is 6. The van der Waals surface area contributed by atoms with E-state index in [4.69, 9.17) is 5.73 Å². The zero-order valence-corrected chi connectivity index (χ0v) is 18.3. The number of piperazine rings is 1. The molecule has 1 fully saturated rings. The fourth-order valence-corrected chi connectivity index (χ4v) is 4.13. The molecule has 1 saturated heterocycles. The average Bonchev–Trinajstić information content (AvgIpc) is 3.26. The molecule has 0 aliphatic carbocycles. The van der Waals surface area contributed by atoms with E-state index in [2.05, 4.69) is 15.1 Å². The van der Waals surface area contributed by atoms with Gasteiger partial charge in [0.25, 0.3) is 11.8 Å². The maximum Gasteiger partial charge on any atom is 0.253 e. The molecule has 10 heteroatoms. The van der Waals surface area contributed by atoms with Crippen molar-refractivity contribution in [2.45, 2.75) is 6.54 Å². The Morgan fingerprint density at radius 1 is 1.00 bits per heavy atom. The van der Waals surface area contributed by atoms with Gasteiger partial charge in [0.2, 0.25) is 5.95 Å². The Bertz CT molecular complexity index is 1360. The van der Waals surface area contributed by atoms with E-state index < -0.39 is 11.7 Å². The highest BCUT2D eigenvalue weighted by molar-refractivity contribution is 6.04. The highest BCUT2D eigenvalue weighted by Crippen LogP contribution is 2.19. The van der Waals surface area contributed by atoms with Crippen molar-refractivity contribution in [1.82, 2.24) is 24.6 Å². The second-order valence-electron chi connectivity index (χ2n) is 8.12. The molecule has 3 heterocycles. The van der Waals surface area contributed by atoms with Gasteiger partial charge in [-0.05, 0) is 23.8 Å². The van der Waals surface area contributed by atoms with Crippen molar-refractivity contribution < 1.29 is 14.0 Å². The number of aromatic nitrogens is 4. The fourth-order valence-electron chi connectivity index (χ4n) is 4.13. The third-order valence-corrected chi connectivity index (χ3v) is 5.82. The van der Waals surface area contributed by atoms with E-state index in [9.17, 15) is 14.0 Å². The molecule has 2 amide bonds. The summed E-state index contributed by atoms with van der Waals surface area (Å²) in [5, 5.41) is 5.34. The van der Waals surface area contributed by atoms with E-state index >= 15 is 0 Å². The summed E-state index contributed by atoms with van der Waals surface area (Å²) in [5.41, 5.74) is 7.91. The van der Waals surface area contributed by atoms with Crippen LogP contribution < -0.4 is 10.6 Å². The number of rotatable bonds is 5. The van der Waals surface area contributed by atoms with Crippen molar-refractivity contribution in [3.05, 3.63) is 83.6 Å². The summed E-state index contributed by atoms with van der Waals surface area (Å²) in [4.78, 5) is 36.5. The molecular formula is C24H22FN7O2. The number of carbonyl (C=O) groups is 2. The molecule has 4 aromatic rings. The summed E-state index contributed by atoms with van der Waals surface area (Å²) in [6.07, 6.45) is 4.14. The van der Waals surface area contributed by atoms with Crippen LogP contribution in [0.1, 0.15) is 26.3 Å². The molecule has 1 aliphatic rings. The molecule has 172 valence electrons. The largest absolute Gasteiger partial charge is 0.366 e. The molecule has 0 unspecified atom stereocenters. The molecule has 2 aromatic heterocycles. The van der Waals surface area contributed by atoms with Crippen LogP contribution in [0.4, 0.5) is 10.3 Å². The zero-order chi connectivity index (χ0) is 23.7. The van der Waals surface area contributed by atoms with E-state index in [-0.39, 0.29) is 5.91 Å². The first-order chi connectivity index (χ1) is 16.5. The Kier molecular flexibility index (Phi) is 5.62. The number of nitrogens with two attached hydrogens (primary N) is 1. The standard InChI is InChI=1S/C24H22FN7O2/c25-19-12-27-24(28-13-19)31-9-7-30(8-10-31)23(34)17-4-1-3-16(11-17)14-32-15-18-5-2-6-20(22(26)33)21(18)29-32/h1-6,11-13,15H,7-10,14H2,(H2,26,33). The smallest absolute Gasteiger partial charge is 0.253 e. The minimum Gasteiger partial charge on any atom is -0.366 e. The lowest BCUT2D eigenvalue weighted by Gasteiger charge is -2.34. The molecule has 0 bridgehead atoms. The van der Waals surface area contributed by atoms with E-state index in [1.54, 1.807) is 27.8 Å². The van der Waals surface area contributed by atoms with Gasteiger partial charge in [0.1, 0.15) is 5.52 Å². The van der Waals surface area contributed by atoms with Gasteiger partial charge >= 0.3 is 0 Å². The van der Waals surface area contributed by atoms with Crippen molar-refractivity contribution in [3.63, 3.8) is 0 Å². The third-order valence-electron chi connectivity index (χ3n) is 5.82. The molecule has 1 aliphatic heterocycles. The summed E-state index contributed by atoms with van der Waals surface area (Å²) >= 11 is 0. The molecule has 9 nitrogen and oxygen atoms in total. The van der Waals surface area contributed by atoms with Gasteiger partial charge in [-0.1, -0.05) is 24.3 Å². The van der Waals surface area contributed by atoms with Crippen LogP contribution in [0.15, 0.2) is 61.1 Å². The fraction of sp³-hybridized carbons (Fsp3) is 0.208. The van der Waals surface area contributed by atoms with Crippen LogP contribution >= 0.6 is 0 Å². The van der Waals surface area contributed by atoms with Crippen molar-refractivity contribution in [2.24, 2.45) is 5.73 Å². The second-order valence-corrected chi connectivity index (χ2v) is 8.12. The first-order valence-corrected chi connectivity index (χ1v) is 10.8. The number of benzene rings is 2. The normalized spacial score (nSPS) is 13.9. The first kappa shape index (κ1) is 21.5. The Morgan fingerprint density at radius 3 is 2.47 bits per heavy atom. The lowest BCUT2D eigenvalue weighted by Crippen LogP contribution is -2.49. The SMILES string of the molecule is NC(=O)c1cccc2cn(Cc3cccc(C(=O)N4CCN(c5ncc(F)cn5)CC4)c3)nc12. The lowest BCUT2D eigenvalue weighted by molar-refractivity contribution is 0.0746. The van der Waals surface area contributed by atoms with Crippen molar-refractivity contribution >= 4 is 28.7 Å². The van der Waals surface area contributed by atoms with Crippen molar-refractivity contribution in [3.8, 4) is 0 Å². The summed E-state index contributed by atoms with van der Waals surface area (Å²) in [6, 6.07) is 12.7. The van der Waals surface area contributed by atoms with Gasteiger partial charge in [0.15, 0.2) is 5.82 Å². The molecule has 34 heavy (non-hydrogen) atoms. The number of carbonyl (C=O) groups excluding carboxylic acids is 2. The maximum atomic E-state index is 13.1. The monoisotopic (exact) mass is 459 g/mol. The predicted octanol–water partition coefficient (Wildman–Crippen LogP) is 2.07. The van der Waals surface area contributed by atoms with Gasteiger partial charge in [-0.3, -0.25) is 14.3 Å². The summed E-state index contributed by atoms with van der Waals surface area (Å²) in [6.45, 7) is 2.62. The first-order valence-electron chi connectivity index (χ1n) is 10.8. The molecular weight excluding hydrogens is 437 g/mol. The van der Waals surface area contributed by atoms with Crippen LogP contribution in [0.2, 0.25) is 0 Å². The second kappa shape index (κ2) is 8.89. The molecule has 0 spiro atoms. The van der Waals surface area contributed by atoms with Crippen LogP contribution in [0.25, 0.3) is 10.9 Å². The number of hydrogen-bond donors (Lipinski definition) is 1. The number of amides is 2. The Morgan fingerprint density at radius 2 is 1.74 bits per heavy atom. The number of primary amides is 1. The average molecular weight is 459 g/mol. The van der Waals surface area contributed by atoms with Crippen LogP contribution in [-0.2, 0) is 6.54 Å². The topological polar surface area (TPSA) is 110 Å². The van der Waals surface area contributed by atoms with Crippen molar-refractivity contribution in [1.29, 1.82) is 0 Å². The van der Waals surface area contributed by atoms with Crippen molar-refractivity contribution in [2.75, 3.05) is 31.1 Å². The molecule has 0 atom stereocenters. The third kappa shape index (κ3) is 4.29. The Hall–Kier alpha value is -4.34. The van der Waals surface area contributed by atoms with Crippen LogP contribution in [0.3, 0.4) is 0 Å². The number of halogens is 1. The van der Waals surface area contributed by atoms with E-state index in [1.807, 2.05) is 35.4 Å².